The van der Waals surface area contributed by atoms with Gasteiger partial charge < -0.3 is 9.52 Å². The van der Waals surface area contributed by atoms with Gasteiger partial charge in [0.15, 0.2) is 0 Å². The summed E-state index contributed by atoms with van der Waals surface area (Å²) in [5.74, 6) is -1.56. The molecule has 2 aromatic rings. The van der Waals surface area contributed by atoms with E-state index in [4.69, 9.17) is 21.1 Å². The van der Waals surface area contributed by atoms with Gasteiger partial charge in [-0.05, 0) is 40.8 Å². The standard InChI is InChI=1S/C9H4ClIN2O3/c10-5-3-4(1-2-6(5)11)7-12-13-8(16-7)9(14)15/h1-3H,(H,14,15). The summed E-state index contributed by atoms with van der Waals surface area (Å²) >= 11 is 8.00. The maximum atomic E-state index is 10.5. The number of hydrogen-bond acceptors (Lipinski definition) is 4. The van der Waals surface area contributed by atoms with E-state index in [1.165, 1.54) is 0 Å². The molecule has 1 N–H and O–H groups in total. The van der Waals surface area contributed by atoms with E-state index in [9.17, 15) is 4.79 Å². The van der Waals surface area contributed by atoms with E-state index in [2.05, 4.69) is 32.8 Å². The van der Waals surface area contributed by atoms with Gasteiger partial charge in [0.25, 0.3) is 0 Å². The maximum Gasteiger partial charge on any atom is 0.393 e. The molecule has 0 aliphatic rings. The van der Waals surface area contributed by atoms with Gasteiger partial charge in [0.2, 0.25) is 5.89 Å². The van der Waals surface area contributed by atoms with Crippen molar-refractivity contribution in [2.75, 3.05) is 0 Å². The summed E-state index contributed by atoms with van der Waals surface area (Å²) in [5, 5.41) is 16.2. The first-order valence-corrected chi connectivity index (χ1v) is 5.56. The van der Waals surface area contributed by atoms with Crippen LogP contribution in [0.2, 0.25) is 5.02 Å². The first-order chi connectivity index (χ1) is 7.58. The van der Waals surface area contributed by atoms with Gasteiger partial charge in [0.05, 0.1) is 5.02 Å². The largest absolute Gasteiger partial charge is 0.474 e. The molecule has 0 amide bonds. The van der Waals surface area contributed by atoms with Crippen LogP contribution in [-0.4, -0.2) is 21.3 Å². The zero-order chi connectivity index (χ0) is 11.7. The molecule has 0 radical (unpaired) electrons. The van der Waals surface area contributed by atoms with Crippen molar-refractivity contribution in [3.8, 4) is 11.5 Å². The van der Waals surface area contributed by atoms with Crippen LogP contribution in [0.15, 0.2) is 22.6 Å². The Labute approximate surface area is 109 Å². The van der Waals surface area contributed by atoms with Gasteiger partial charge in [-0.2, -0.15) is 0 Å². The Balaban J connectivity index is 2.42. The van der Waals surface area contributed by atoms with Crippen molar-refractivity contribution in [2.24, 2.45) is 0 Å². The third-order valence-corrected chi connectivity index (χ3v) is 3.35. The summed E-state index contributed by atoms with van der Waals surface area (Å²) in [7, 11) is 0. The molecule has 0 bridgehead atoms. The van der Waals surface area contributed by atoms with Gasteiger partial charge in [0.1, 0.15) is 0 Å². The Kier molecular flexibility index (Phi) is 3.10. The van der Waals surface area contributed by atoms with Crippen molar-refractivity contribution in [3.05, 3.63) is 32.7 Å². The third-order valence-electron chi connectivity index (χ3n) is 1.77. The molecule has 1 aromatic heterocycles. The number of hydrogen-bond donors (Lipinski definition) is 1. The van der Waals surface area contributed by atoms with E-state index < -0.39 is 11.9 Å². The van der Waals surface area contributed by atoms with Gasteiger partial charge in [-0.25, -0.2) is 4.79 Å². The fourth-order valence-corrected chi connectivity index (χ4v) is 1.57. The van der Waals surface area contributed by atoms with Crippen molar-refractivity contribution >= 4 is 40.2 Å². The number of nitrogens with zero attached hydrogens (tertiary/aromatic N) is 2. The second-order valence-corrected chi connectivity index (χ2v) is 4.42. The van der Waals surface area contributed by atoms with Crippen LogP contribution in [0.5, 0.6) is 0 Å². The number of rotatable bonds is 2. The fourth-order valence-electron chi connectivity index (χ4n) is 1.06. The highest BCUT2D eigenvalue weighted by atomic mass is 127. The quantitative estimate of drug-likeness (QED) is 0.843. The summed E-state index contributed by atoms with van der Waals surface area (Å²) in [6.45, 7) is 0. The molecule has 0 atom stereocenters. The van der Waals surface area contributed by atoms with Gasteiger partial charge >= 0.3 is 11.9 Å². The lowest BCUT2D eigenvalue weighted by Gasteiger charge is -1.97. The van der Waals surface area contributed by atoms with Gasteiger partial charge in [-0.1, -0.05) is 11.6 Å². The van der Waals surface area contributed by atoms with E-state index in [1.807, 2.05) is 0 Å². The lowest BCUT2D eigenvalue weighted by atomic mass is 10.2. The number of carbonyl (C=O) groups is 1. The second-order valence-electron chi connectivity index (χ2n) is 2.85. The molecule has 0 spiro atoms. The number of aromatic carboxylic acids is 1. The van der Waals surface area contributed by atoms with Crippen molar-refractivity contribution in [3.63, 3.8) is 0 Å². The van der Waals surface area contributed by atoms with Crippen molar-refractivity contribution in [2.45, 2.75) is 0 Å². The van der Waals surface area contributed by atoms with Crippen molar-refractivity contribution < 1.29 is 14.3 Å². The molecule has 0 aliphatic heterocycles. The van der Waals surface area contributed by atoms with Crippen LogP contribution in [0.4, 0.5) is 0 Å². The number of aromatic nitrogens is 2. The Morgan fingerprint density at radius 1 is 1.44 bits per heavy atom. The SMILES string of the molecule is O=C(O)c1nnc(-c2ccc(I)c(Cl)c2)o1. The predicted molar refractivity (Wildman–Crippen MR) is 64.4 cm³/mol. The molecular weight excluding hydrogens is 346 g/mol. The molecule has 0 saturated heterocycles. The van der Waals surface area contributed by atoms with E-state index in [0.29, 0.717) is 10.6 Å². The Hall–Kier alpha value is -1.15. The average Bonchev–Trinajstić information content (AvgIpc) is 2.71. The molecule has 82 valence electrons. The number of carboxylic acids is 1. The first kappa shape index (κ1) is 11.3. The molecule has 0 fully saturated rings. The predicted octanol–water partition coefficient (Wildman–Crippen LogP) is 2.69. The molecule has 0 aliphatic carbocycles. The summed E-state index contributed by atoms with van der Waals surface area (Å²) in [4.78, 5) is 10.5. The number of halogens is 2. The van der Waals surface area contributed by atoms with Crippen LogP contribution in [0, 0.1) is 3.57 Å². The normalized spacial score (nSPS) is 10.4. The van der Waals surface area contributed by atoms with Crippen LogP contribution < -0.4 is 0 Å². The Morgan fingerprint density at radius 3 is 2.75 bits per heavy atom. The third kappa shape index (κ3) is 2.17. The molecule has 5 nitrogen and oxygen atoms in total. The van der Waals surface area contributed by atoms with E-state index in [1.54, 1.807) is 18.2 Å². The topological polar surface area (TPSA) is 76.2 Å². The highest BCUT2D eigenvalue weighted by Gasteiger charge is 2.14. The van der Waals surface area contributed by atoms with Crippen LogP contribution >= 0.6 is 34.2 Å². The van der Waals surface area contributed by atoms with Gasteiger partial charge in [-0.15, -0.1) is 10.2 Å². The maximum absolute atomic E-state index is 10.5. The Bertz CT molecular complexity index is 555. The minimum Gasteiger partial charge on any atom is -0.474 e. The smallest absolute Gasteiger partial charge is 0.393 e. The van der Waals surface area contributed by atoms with Crippen LogP contribution in [0.1, 0.15) is 10.7 Å². The zero-order valence-corrected chi connectivity index (χ0v) is 10.6. The summed E-state index contributed by atoms with van der Waals surface area (Å²) < 4.78 is 5.83. The summed E-state index contributed by atoms with van der Waals surface area (Å²) in [5.41, 5.74) is 0.588. The van der Waals surface area contributed by atoms with E-state index in [-0.39, 0.29) is 5.89 Å². The first-order valence-electron chi connectivity index (χ1n) is 4.10. The average molecular weight is 350 g/mol. The highest BCUT2D eigenvalue weighted by molar-refractivity contribution is 14.1. The fraction of sp³-hybridized carbons (Fsp3) is 0. The molecule has 16 heavy (non-hydrogen) atoms. The minimum atomic E-state index is -1.25. The molecular formula is C9H4ClIN2O3. The molecule has 0 saturated carbocycles. The lowest BCUT2D eigenvalue weighted by molar-refractivity contribution is 0.0654. The monoisotopic (exact) mass is 350 g/mol. The molecule has 1 heterocycles. The van der Waals surface area contributed by atoms with Crippen LogP contribution in [0.25, 0.3) is 11.5 Å². The summed E-state index contributed by atoms with van der Waals surface area (Å²) in [6.07, 6.45) is 0. The summed E-state index contributed by atoms with van der Waals surface area (Å²) in [6, 6.07) is 5.15. The molecule has 7 heteroatoms. The highest BCUT2D eigenvalue weighted by Crippen LogP contribution is 2.25. The molecule has 0 unspecified atom stereocenters. The van der Waals surface area contributed by atoms with Crippen molar-refractivity contribution in [1.29, 1.82) is 0 Å². The van der Waals surface area contributed by atoms with Gasteiger partial charge in [-0.3, -0.25) is 0 Å². The van der Waals surface area contributed by atoms with Crippen molar-refractivity contribution in [1.82, 2.24) is 10.2 Å². The van der Waals surface area contributed by atoms with Crippen LogP contribution in [0.3, 0.4) is 0 Å². The van der Waals surface area contributed by atoms with E-state index >= 15 is 0 Å². The number of benzene rings is 1. The van der Waals surface area contributed by atoms with Gasteiger partial charge in [0, 0.05) is 9.13 Å². The Morgan fingerprint density at radius 2 is 2.19 bits per heavy atom. The number of carboxylic acid groups (broad SMARTS) is 1. The van der Waals surface area contributed by atoms with Crippen LogP contribution in [-0.2, 0) is 0 Å². The second kappa shape index (κ2) is 4.38. The molecule has 1 aromatic carbocycles. The zero-order valence-electron chi connectivity index (χ0n) is 7.65. The molecule has 2 rings (SSSR count). The lowest BCUT2D eigenvalue weighted by Crippen LogP contribution is -1.95. The van der Waals surface area contributed by atoms with E-state index in [0.717, 1.165) is 3.57 Å². The minimum absolute atomic E-state index is 0.135.